The Bertz CT molecular complexity index is 641. The molecule has 0 aliphatic heterocycles. The molecule has 0 heterocycles. The predicted molar refractivity (Wildman–Crippen MR) is 102 cm³/mol. The summed E-state index contributed by atoms with van der Waals surface area (Å²) in [4.78, 5) is 11.8. The zero-order chi connectivity index (χ0) is 17.2. The first kappa shape index (κ1) is 18.0. The van der Waals surface area contributed by atoms with Crippen molar-refractivity contribution in [3.63, 3.8) is 0 Å². The number of hydrogen-bond acceptors (Lipinski definition) is 1. The van der Waals surface area contributed by atoms with Crippen LogP contribution >= 0.6 is 0 Å². The van der Waals surface area contributed by atoms with Crippen LogP contribution < -0.4 is 5.32 Å². The van der Waals surface area contributed by atoms with Gasteiger partial charge in [-0.1, -0.05) is 68.4 Å². The highest BCUT2D eigenvalue weighted by atomic mass is 16.1. The Morgan fingerprint density at radius 1 is 1.00 bits per heavy atom. The topological polar surface area (TPSA) is 29.1 Å². The van der Waals surface area contributed by atoms with E-state index in [0.717, 1.165) is 31.4 Å². The number of rotatable bonds is 8. The summed E-state index contributed by atoms with van der Waals surface area (Å²) >= 11 is 0. The highest BCUT2D eigenvalue weighted by Gasteiger charge is 1.99. The minimum absolute atomic E-state index is 0.0253. The Morgan fingerprint density at radius 3 is 2.38 bits per heavy atom. The molecule has 2 nitrogen and oxygen atoms in total. The maximum Gasteiger partial charge on any atom is 0.243 e. The summed E-state index contributed by atoms with van der Waals surface area (Å²) in [6, 6.07) is 18.8. The summed E-state index contributed by atoms with van der Waals surface area (Å²) in [7, 11) is 0. The van der Waals surface area contributed by atoms with E-state index in [9.17, 15) is 4.79 Å². The number of carbonyl (C=O) groups excluding carboxylic acids is 1. The van der Waals surface area contributed by atoms with E-state index in [1.165, 1.54) is 11.1 Å². The number of nitrogens with one attached hydrogen (secondary N) is 1. The molecular weight excluding hydrogens is 294 g/mol. The lowest BCUT2D eigenvalue weighted by Gasteiger charge is -2.05. The SMILES string of the molecule is CC(C)c1ccc(/C=C\C(=O)NCCCCc2ccccc2)cc1. The van der Waals surface area contributed by atoms with Crippen molar-refractivity contribution in [1.29, 1.82) is 0 Å². The number of hydrogen-bond donors (Lipinski definition) is 1. The van der Waals surface area contributed by atoms with Crippen LogP contribution in [0.4, 0.5) is 0 Å². The average molecular weight is 321 g/mol. The van der Waals surface area contributed by atoms with E-state index < -0.39 is 0 Å². The van der Waals surface area contributed by atoms with Gasteiger partial charge in [-0.2, -0.15) is 0 Å². The summed E-state index contributed by atoms with van der Waals surface area (Å²) in [5.41, 5.74) is 3.72. The van der Waals surface area contributed by atoms with Crippen molar-refractivity contribution in [2.24, 2.45) is 0 Å². The molecule has 0 bridgehead atoms. The van der Waals surface area contributed by atoms with Gasteiger partial charge in [0.1, 0.15) is 0 Å². The second kappa shape index (κ2) is 9.71. The van der Waals surface area contributed by atoms with Gasteiger partial charge in [0.15, 0.2) is 0 Å². The monoisotopic (exact) mass is 321 g/mol. The summed E-state index contributed by atoms with van der Waals surface area (Å²) in [5.74, 6) is 0.505. The minimum Gasteiger partial charge on any atom is -0.353 e. The fourth-order valence-corrected chi connectivity index (χ4v) is 2.53. The van der Waals surface area contributed by atoms with E-state index in [2.05, 4.69) is 67.7 Å². The van der Waals surface area contributed by atoms with Crippen LogP contribution in [0.3, 0.4) is 0 Å². The molecule has 0 saturated carbocycles. The largest absolute Gasteiger partial charge is 0.353 e. The standard InChI is InChI=1S/C22H27NO/c1-18(2)21-14-11-20(12-15-21)13-16-22(24)23-17-7-6-10-19-8-4-3-5-9-19/h3-5,8-9,11-16,18H,6-7,10,17H2,1-2H3,(H,23,24)/b16-13-. The fourth-order valence-electron chi connectivity index (χ4n) is 2.53. The highest BCUT2D eigenvalue weighted by Crippen LogP contribution is 2.15. The van der Waals surface area contributed by atoms with Gasteiger partial charge in [0, 0.05) is 12.6 Å². The number of aryl methyl sites for hydroxylation is 1. The summed E-state index contributed by atoms with van der Waals surface area (Å²) in [6.07, 6.45) is 6.63. The molecule has 0 unspecified atom stereocenters. The Labute approximate surface area is 145 Å². The Morgan fingerprint density at radius 2 is 1.71 bits per heavy atom. The number of unbranched alkanes of at least 4 members (excludes halogenated alkanes) is 1. The molecule has 2 heteroatoms. The fraction of sp³-hybridized carbons (Fsp3) is 0.318. The van der Waals surface area contributed by atoms with Crippen LogP contribution in [0, 0.1) is 0 Å². The van der Waals surface area contributed by atoms with Crippen LogP contribution in [0.15, 0.2) is 60.7 Å². The van der Waals surface area contributed by atoms with Gasteiger partial charge in [-0.15, -0.1) is 0 Å². The maximum absolute atomic E-state index is 11.8. The lowest BCUT2D eigenvalue weighted by Crippen LogP contribution is -2.22. The van der Waals surface area contributed by atoms with E-state index in [-0.39, 0.29) is 5.91 Å². The van der Waals surface area contributed by atoms with Crippen LogP contribution in [0.5, 0.6) is 0 Å². The summed E-state index contributed by atoms with van der Waals surface area (Å²) < 4.78 is 0. The molecule has 0 aromatic heterocycles. The number of carbonyl (C=O) groups is 1. The molecule has 2 aromatic carbocycles. The molecule has 0 fully saturated rings. The molecule has 1 N–H and O–H groups in total. The zero-order valence-corrected chi connectivity index (χ0v) is 14.7. The van der Waals surface area contributed by atoms with E-state index in [1.807, 2.05) is 12.1 Å². The van der Waals surface area contributed by atoms with Crippen LogP contribution in [0.2, 0.25) is 0 Å². The first-order chi connectivity index (χ1) is 11.6. The van der Waals surface area contributed by atoms with Crippen molar-refractivity contribution in [2.75, 3.05) is 6.54 Å². The molecule has 1 amide bonds. The molecule has 0 aliphatic rings. The van der Waals surface area contributed by atoms with E-state index >= 15 is 0 Å². The normalized spacial score (nSPS) is 11.1. The van der Waals surface area contributed by atoms with Crippen molar-refractivity contribution in [2.45, 2.75) is 39.0 Å². The molecule has 0 aliphatic carbocycles. The van der Waals surface area contributed by atoms with Crippen molar-refractivity contribution >= 4 is 12.0 Å². The van der Waals surface area contributed by atoms with E-state index in [0.29, 0.717) is 5.92 Å². The number of amides is 1. The molecule has 126 valence electrons. The van der Waals surface area contributed by atoms with E-state index in [1.54, 1.807) is 6.08 Å². The smallest absolute Gasteiger partial charge is 0.243 e. The van der Waals surface area contributed by atoms with Gasteiger partial charge in [-0.3, -0.25) is 4.79 Å². The Hall–Kier alpha value is -2.35. The van der Waals surface area contributed by atoms with Gasteiger partial charge in [0.05, 0.1) is 0 Å². The Kier molecular flexibility index (Phi) is 7.28. The van der Waals surface area contributed by atoms with E-state index in [4.69, 9.17) is 0 Å². The first-order valence-electron chi connectivity index (χ1n) is 8.75. The lowest BCUT2D eigenvalue weighted by atomic mass is 10.0. The molecule has 0 atom stereocenters. The second-order valence-electron chi connectivity index (χ2n) is 6.39. The van der Waals surface area contributed by atoms with Gasteiger partial charge in [0.2, 0.25) is 5.91 Å². The molecule has 0 spiro atoms. The van der Waals surface area contributed by atoms with Crippen molar-refractivity contribution in [3.05, 3.63) is 77.4 Å². The minimum atomic E-state index is -0.0253. The number of benzene rings is 2. The lowest BCUT2D eigenvalue weighted by molar-refractivity contribution is -0.116. The molecular formula is C22H27NO. The molecule has 2 rings (SSSR count). The van der Waals surface area contributed by atoms with Crippen molar-refractivity contribution in [1.82, 2.24) is 5.32 Å². The van der Waals surface area contributed by atoms with Crippen molar-refractivity contribution < 1.29 is 4.79 Å². The summed E-state index contributed by atoms with van der Waals surface area (Å²) in [6.45, 7) is 5.08. The third-order valence-corrected chi connectivity index (χ3v) is 4.06. The van der Waals surface area contributed by atoms with Crippen LogP contribution in [0.1, 0.15) is 49.3 Å². The average Bonchev–Trinajstić information content (AvgIpc) is 2.61. The molecule has 0 radical (unpaired) electrons. The quantitative estimate of drug-likeness (QED) is 0.540. The molecule has 2 aromatic rings. The molecule has 24 heavy (non-hydrogen) atoms. The highest BCUT2D eigenvalue weighted by molar-refractivity contribution is 5.91. The van der Waals surface area contributed by atoms with Gasteiger partial charge in [-0.05, 0) is 47.9 Å². The van der Waals surface area contributed by atoms with Crippen LogP contribution in [0.25, 0.3) is 6.08 Å². The summed E-state index contributed by atoms with van der Waals surface area (Å²) in [5, 5.41) is 2.94. The van der Waals surface area contributed by atoms with Gasteiger partial charge < -0.3 is 5.32 Å². The van der Waals surface area contributed by atoms with Gasteiger partial charge in [-0.25, -0.2) is 0 Å². The van der Waals surface area contributed by atoms with Crippen LogP contribution in [-0.4, -0.2) is 12.5 Å². The first-order valence-corrected chi connectivity index (χ1v) is 8.75. The molecule has 0 saturated heterocycles. The second-order valence-corrected chi connectivity index (χ2v) is 6.39. The van der Waals surface area contributed by atoms with Gasteiger partial charge >= 0.3 is 0 Å². The Balaban J connectivity index is 1.65. The predicted octanol–water partition coefficient (Wildman–Crippen LogP) is 4.96. The van der Waals surface area contributed by atoms with Crippen molar-refractivity contribution in [3.8, 4) is 0 Å². The van der Waals surface area contributed by atoms with Gasteiger partial charge in [0.25, 0.3) is 0 Å². The zero-order valence-electron chi connectivity index (χ0n) is 14.7. The third kappa shape index (κ3) is 6.41. The third-order valence-electron chi connectivity index (χ3n) is 4.06. The van der Waals surface area contributed by atoms with Crippen LogP contribution in [-0.2, 0) is 11.2 Å². The maximum atomic E-state index is 11.8.